The second kappa shape index (κ2) is 7.71. The lowest BCUT2D eigenvalue weighted by Gasteiger charge is -2.09. The van der Waals surface area contributed by atoms with E-state index in [4.69, 9.17) is 16.3 Å². The van der Waals surface area contributed by atoms with Crippen molar-refractivity contribution in [2.75, 3.05) is 6.61 Å². The summed E-state index contributed by atoms with van der Waals surface area (Å²) in [5.41, 5.74) is 1.81. The van der Waals surface area contributed by atoms with Crippen LogP contribution in [0.2, 0.25) is 5.02 Å². The van der Waals surface area contributed by atoms with Crippen molar-refractivity contribution < 1.29 is 9.53 Å². The number of hydrogen-bond donors (Lipinski definition) is 0. The minimum absolute atomic E-state index is 0.394. The molecule has 3 heteroatoms. The summed E-state index contributed by atoms with van der Waals surface area (Å²) >= 11 is 6.06. The van der Waals surface area contributed by atoms with Crippen LogP contribution in [0.3, 0.4) is 0 Å². The van der Waals surface area contributed by atoms with E-state index < -0.39 is 0 Å². The third kappa shape index (κ3) is 4.10. The Hall–Kier alpha value is -1.80. The van der Waals surface area contributed by atoms with E-state index in [2.05, 4.69) is 24.3 Å². The molecule has 2 rings (SSSR count). The molecular weight excluding hydrogens is 272 g/mol. The molecule has 0 heterocycles. The lowest BCUT2D eigenvalue weighted by atomic mass is 10.1. The lowest BCUT2D eigenvalue weighted by molar-refractivity contribution is 0.112. The predicted octanol–water partition coefficient (Wildman–Crippen LogP) is 4.55. The number of halogens is 1. The molecule has 0 spiro atoms. The molecule has 0 amide bonds. The topological polar surface area (TPSA) is 26.3 Å². The fraction of sp³-hybridized carbons (Fsp3) is 0.235. The van der Waals surface area contributed by atoms with Crippen molar-refractivity contribution in [1.29, 1.82) is 0 Å². The van der Waals surface area contributed by atoms with E-state index in [0.29, 0.717) is 22.9 Å². The largest absolute Gasteiger partial charge is 0.492 e. The van der Waals surface area contributed by atoms with Gasteiger partial charge in [-0.1, -0.05) is 48.0 Å². The van der Waals surface area contributed by atoms with Crippen molar-refractivity contribution in [2.24, 2.45) is 0 Å². The first kappa shape index (κ1) is 14.6. The monoisotopic (exact) mass is 288 g/mol. The van der Waals surface area contributed by atoms with Crippen LogP contribution in [0.1, 0.15) is 28.8 Å². The molecule has 2 nitrogen and oxygen atoms in total. The van der Waals surface area contributed by atoms with Gasteiger partial charge in [-0.2, -0.15) is 0 Å². The van der Waals surface area contributed by atoms with Gasteiger partial charge in [0, 0.05) is 5.56 Å². The van der Waals surface area contributed by atoms with Gasteiger partial charge >= 0.3 is 0 Å². The number of benzene rings is 2. The average molecular weight is 289 g/mol. The molecule has 104 valence electrons. The highest BCUT2D eigenvalue weighted by Crippen LogP contribution is 2.27. The highest BCUT2D eigenvalue weighted by molar-refractivity contribution is 6.34. The Bertz CT molecular complexity index is 552. The average Bonchev–Trinajstić information content (AvgIpc) is 2.49. The quantitative estimate of drug-likeness (QED) is 0.552. The normalized spacial score (nSPS) is 10.2. The summed E-state index contributed by atoms with van der Waals surface area (Å²) < 4.78 is 5.63. The zero-order chi connectivity index (χ0) is 14.2. The molecule has 0 radical (unpaired) electrons. The van der Waals surface area contributed by atoms with E-state index in [0.717, 1.165) is 25.5 Å². The molecular formula is C17H17ClO2. The summed E-state index contributed by atoms with van der Waals surface area (Å²) in [6.07, 6.45) is 3.81. The Morgan fingerprint density at radius 3 is 2.55 bits per heavy atom. The molecule has 0 saturated carbocycles. The first-order chi connectivity index (χ1) is 9.81. The van der Waals surface area contributed by atoms with Crippen LogP contribution < -0.4 is 4.74 Å². The number of carbonyl (C=O) groups excluding carboxylic acids is 1. The molecule has 0 atom stereocenters. The number of unbranched alkanes of at least 4 members (excludes halogenated alkanes) is 1. The van der Waals surface area contributed by atoms with Gasteiger partial charge in [0.1, 0.15) is 5.75 Å². The number of carbonyl (C=O) groups is 1. The molecule has 0 saturated heterocycles. The highest BCUT2D eigenvalue weighted by Gasteiger charge is 2.05. The molecule has 0 aliphatic carbocycles. The molecule has 2 aromatic carbocycles. The Morgan fingerprint density at radius 1 is 1.00 bits per heavy atom. The second-order valence-corrected chi connectivity index (χ2v) is 4.95. The van der Waals surface area contributed by atoms with Crippen molar-refractivity contribution in [2.45, 2.75) is 19.3 Å². The number of hydrogen-bond acceptors (Lipinski definition) is 2. The molecule has 2 aromatic rings. The summed E-state index contributed by atoms with van der Waals surface area (Å²) in [5.74, 6) is 0.580. The van der Waals surface area contributed by atoms with Crippen molar-refractivity contribution in [3.63, 3.8) is 0 Å². The van der Waals surface area contributed by atoms with E-state index in [1.54, 1.807) is 18.2 Å². The van der Waals surface area contributed by atoms with Crippen molar-refractivity contribution in [3.05, 3.63) is 64.7 Å². The second-order valence-electron chi connectivity index (χ2n) is 4.57. The predicted molar refractivity (Wildman–Crippen MR) is 81.7 cm³/mol. The molecule has 0 fully saturated rings. The zero-order valence-electron chi connectivity index (χ0n) is 11.2. The molecule has 0 aliphatic heterocycles. The van der Waals surface area contributed by atoms with Gasteiger partial charge in [0.25, 0.3) is 0 Å². The maximum atomic E-state index is 10.8. The van der Waals surface area contributed by atoms with Gasteiger partial charge in [0.2, 0.25) is 0 Å². The Balaban J connectivity index is 1.75. The molecule has 0 bridgehead atoms. The van der Waals surface area contributed by atoms with E-state index >= 15 is 0 Å². The number of rotatable bonds is 7. The van der Waals surface area contributed by atoms with E-state index in [9.17, 15) is 4.79 Å². The molecule has 20 heavy (non-hydrogen) atoms. The van der Waals surface area contributed by atoms with E-state index in [-0.39, 0.29) is 0 Å². The third-order valence-corrected chi connectivity index (χ3v) is 3.48. The van der Waals surface area contributed by atoms with Crippen LogP contribution in [0, 0.1) is 0 Å². The summed E-state index contributed by atoms with van der Waals surface area (Å²) in [6.45, 7) is 0.606. The first-order valence-electron chi connectivity index (χ1n) is 6.71. The lowest BCUT2D eigenvalue weighted by Crippen LogP contribution is -1.99. The SMILES string of the molecule is O=Cc1cccc(OCCCCc2ccccc2)c1Cl. The fourth-order valence-electron chi connectivity index (χ4n) is 1.99. The van der Waals surface area contributed by atoms with Gasteiger partial charge in [-0.15, -0.1) is 0 Å². The number of aldehydes is 1. The minimum atomic E-state index is 0.394. The summed E-state index contributed by atoms with van der Waals surface area (Å²) in [4.78, 5) is 10.8. The highest BCUT2D eigenvalue weighted by atomic mass is 35.5. The van der Waals surface area contributed by atoms with Crippen LogP contribution >= 0.6 is 11.6 Å². The standard InChI is InChI=1S/C17H17ClO2/c18-17-15(13-19)10-6-11-16(17)20-12-5-4-9-14-7-2-1-3-8-14/h1-3,6-8,10-11,13H,4-5,9,12H2. The Labute approximate surface area is 124 Å². The van der Waals surface area contributed by atoms with Crippen molar-refractivity contribution >= 4 is 17.9 Å². The zero-order valence-corrected chi connectivity index (χ0v) is 12.0. The van der Waals surface area contributed by atoms with E-state index in [1.807, 2.05) is 6.07 Å². The molecule has 0 aromatic heterocycles. The van der Waals surface area contributed by atoms with Gasteiger partial charge in [0.05, 0.1) is 11.6 Å². The molecule has 0 unspecified atom stereocenters. The molecule has 0 aliphatic rings. The van der Waals surface area contributed by atoms with Gasteiger partial charge in [-0.25, -0.2) is 0 Å². The fourth-order valence-corrected chi connectivity index (χ4v) is 2.21. The summed E-state index contributed by atoms with van der Waals surface area (Å²) in [6, 6.07) is 15.6. The third-order valence-electron chi connectivity index (χ3n) is 3.08. The maximum absolute atomic E-state index is 10.8. The van der Waals surface area contributed by atoms with Gasteiger partial charge < -0.3 is 4.74 Å². The van der Waals surface area contributed by atoms with Crippen LogP contribution in [0.5, 0.6) is 5.75 Å². The minimum Gasteiger partial charge on any atom is -0.492 e. The summed E-state index contributed by atoms with van der Waals surface area (Å²) in [7, 11) is 0. The van der Waals surface area contributed by atoms with Gasteiger partial charge in [-0.3, -0.25) is 4.79 Å². The van der Waals surface area contributed by atoms with Crippen LogP contribution in [0.25, 0.3) is 0 Å². The summed E-state index contributed by atoms with van der Waals surface area (Å²) in [5, 5.41) is 0.394. The first-order valence-corrected chi connectivity index (χ1v) is 7.09. The number of aryl methyl sites for hydroxylation is 1. The van der Waals surface area contributed by atoms with Crippen LogP contribution in [-0.4, -0.2) is 12.9 Å². The van der Waals surface area contributed by atoms with Crippen molar-refractivity contribution in [3.8, 4) is 5.75 Å². The molecule has 0 N–H and O–H groups in total. The number of ether oxygens (including phenoxy) is 1. The van der Waals surface area contributed by atoms with E-state index in [1.165, 1.54) is 5.56 Å². The van der Waals surface area contributed by atoms with Gasteiger partial charge in [-0.05, 0) is 37.0 Å². The Morgan fingerprint density at radius 2 is 1.80 bits per heavy atom. The maximum Gasteiger partial charge on any atom is 0.151 e. The van der Waals surface area contributed by atoms with Crippen LogP contribution in [-0.2, 0) is 6.42 Å². The Kier molecular flexibility index (Phi) is 5.63. The smallest absolute Gasteiger partial charge is 0.151 e. The van der Waals surface area contributed by atoms with Gasteiger partial charge in [0.15, 0.2) is 6.29 Å². The van der Waals surface area contributed by atoms with Crippen LogP contribution in [0.15, 0.2) is 48.5 Å². The van der Waals surface area contributed by atoms with Crippen LogP contribution in [0.4, 0.5) is 0 Å². The van der Waals surface area contributed by atoms with Crippen molar-refractivity contribution in [1.82, 2.24) is 0 Å².